The van der Waals surface area contributed by atoms with E-state index in [0.717, 1.165) is 16.0 Å². The van der Waals surface area contributed by atoms with Gasteiger partial charge in [-0.15, -0.1) is 0 Å². The molecule has 28 heavy (non-hydrogen) atoms. The molecule has 0 spiro atoms. The molecule has 0 saturated heterocycles. The zero-order chi connectivity index (χ0) is 20.5. The number of hydrogen-bond acceptors (Lipinski definition) is 5. The summed E-state index contributed by atoms with van der Waals surface area (Å²) in [5.74, 6) is 1.16. The first-order valence-electron chi connectivity index (χ1n) is 9.14. The van der Waals surface area contributed by atoms with Crippen LogP contribution in [0.4, 0.5) is 5.13 Å². The van der Waals surface area contributed by atoms with Crippen LogP contribution in [0.1, 0.15) is 40.2 Å². The van der Waals surface area contributed by atoms with Gasteiger partial charge in [0.1, 0.15) is 11.5 Å². The number of carbonyl (C=O) groups excluding carboxylic acids is 1. The van der Waals surface area contributed by atoms with Crippen LogP contribution in [0, 0.1) is 0 Å². The second kappa shape index (κ2) is 7.43. The molecule has 0 saturated carbocycles. The van der Waals surface area contributed by atoms with Crippen LogP contribution in [-0.4, -0.2) is 23.6 Å². The molecule has 0 bridgehead atoms. The predicted octanol–water partition coefficient (Wildman–Crippen LogP) is 5.40. The number of aromatic nitrogens is 1. The lowest BCUT2D eigenvalue weighted by Crippen LogP contribution is -2.42. The third-order valence-electron chi connectivity index (χ3n) is 4.46. The van der Waals surface area contributed by atoms with Crippen molar-refractivity contribution in [1.29, 1.82) is 0 Å². The fourth-order valence-corrected chi connectivity index (χ4v) is 3.59. The molecule has 0 fully saturated rings. The lowest BCUT2D eigenvalue weighted by molar-refractivity contribution is -0.128. The molecule has 1 heterocycles. The fraction of sp³-hybridized carbons (Fsp3) is 0.364. The summed E-state index contributed by atoms with van der Waals surface area (Å²) in [7, 11) is 1.62. The molecule has 0 aliphatic rings. The van der Waals surface area contributed by atoms with Crippen molar-refractivity contribution in [2.24, 2.45) is 0 Å². The minimum absolute atomic E-state index is 0.0704. The van der Waals surface area contributed by atoms with Gasteiger partial charge in [0.15, 0.2) is 10.7 Å². The standard InChI is InChI=1S/C22H26N2O3S/c1-21(2,3)14-7-9-15(10-8-14)27-22(4,5)19(25)24-20-23-17-12-11-16(26-6)13-18(17)28-20/h7-13H,1-6H3,(H,23,24,25). The summed E-state index contributed by atoms with van der Waals surface area (Å²) in [5.41, 5.74) is 1.06. The molecule has 0 unspecified atom stereocenters. The highest BCUT2D eigenvalue weighted by Gasteiger charge is 2.31. The first kappa shape index (κ1) is 20.1. The van der Waals surface area contributed by atoms with Gasteiger partial charge in [-0.25, -0.2) is 4.98 Å². The summed E-state index contributed by atoms with van der Waals surface area (Å²) < 4.78 is 12.1. The van der Waals surface area contributed by atoms with Gasteiger partial charge in [0.25, 0.3) is 5.91 Å². The van der Waals surface area contributed by atoms with Crippen molar-refractivity contribution in [3.05, 3.63) is 48.0 Å². The predicted molar refractivity (Wildman–Crippen MR) is 115 cm³/mol. The second-order valence-corrected chi connectivity index (χ2v) is 9.22. The van der Waals surface area contributed by atoms with Crippen molar-refractivity contribution >= 4 is 32.6 Å². The van der Waals surface area contributed by atoms with Crippen LogP contribution in [0.25, 0.3) is 10.2 Å². The lowest BCUT2D eigenvalue weighted by atomic mass is 9.87. The van der Waals surface area contributed by atoms with Crippen molar-refractivity contribution < 1.29 is 14.3 Å². The van der Waals surface area contributed by atoms with E-state index in [0.29, 0.717) is 10.9 Å². The topological polar surface area (TPSA) is 60.5 Å². The maximum Gasteiger partial charge on any atom is 0.269 e. The Labute approximate surface area is 169 Å². The van der Waals surface area contributed by atoms with Crippen LogP contribution in [0.15, 0.2) is 42.5 Å². The summed E-state index contributed by atoms with van der Waals surface area (Å²) >= 11 is 1.40. The number of rotatable bonds is 5. The van der Waals surface area contributed by atoms with Gasteiger partial charge < -0.3 is 9.47 Å². The molecule has 5 nitrogen and oxygen atoms in total. The number of benzene rings is 2. The molecule has 0 aliphatic heterocycles. The highest BCUT2D eigenvalue weighted by atomic mass is 32.1. The van der Waals surface area contributed by atoms with E-state index in [9.17, 15) is 4.79 Å². The monoisotopic (exact) mass is 398 g/mol. The molecular weight excluding hydrogens is 372 g/mol. The molecular formula is C22H26N2O3S. The first-order chi connectivity index (χ1) is 13.1. The Balaban J connectivity index is 1.72. The van der Waals surface area contributed by atoms with E-state index in [-0.39, 0.29) is 11.3 Å². The van der Waals surface area contributed by atoms with Gasteiger partial charge in [-0.05, 0) is 55.2 Å². The number of ether oxygens (including phenoxy) is 2. The summed E-state index contributed by atoms with van der Waals surface area (Å²) in [6.07, 6.45) is 0. The number of nitrogens with one attached hydrogen (secondary N) is 1. The van der Waals surface area contributed by atoms with Gasteiger partial charge in [0, 0.05) is 0 Å². The molecule has 1 aromatic heterocycles. The van der Waals surface area contributed by atoms with E-state index in [4.69, 9.17) is 9.47 Å². The van der Waals surface area contributed by atoms with Crippen LogP contribution >= 0.6 is 11.3 Å². The molecule has 3 rings (SSSR count). The average Bonchev–Trinajstić information content (AvgIpc) is 3.02. The largest absolute Gasteiger partial charge is 0.497 e. The van der Waals surface area contributed by atoms with Gasteiger partial charge >= 0.3 is 0 Å². The van der Waals surface area contributed by atoms with E-state index in [1.807, 2.05) is 42.5 Å². The first-order valence-corrected chi connectivity index (χ1v) is 9.96. The third-order valence-corrected chi connectivity index (χ3v) is 5.39. The molecule has 6 heteroatoms. The van der Waals surface area contributed by atoms with Crippen molar-refractivity contribution in [1.82, 2.24) is 4.98 Å². The highest BCUT2D eigenvalue weighted by Crippen LogP contribution is 2.30. The Bertz CT molecular complexity index is 985. The number of carbonyl (C=O) groups is 1. The fourth-order valence-electron chi connectivity index (χ4n) is 2.70. The zero-order valence-electron chi connectivity index (χ0n) is 17.1. The maximum absolute atomic E-state index is 12.8. The summed E-state index contributed by atoms with van der Waals surface area (Å²) in [6, 6.07) is 13.5. The summed E-state index contributed by atoms with van der Waals surface area (Å²) in [4.78, 5) is 17.2. The van der Waals surface area contributed by atoms with E-state index >= 15 is 0 Å². The molecule has 2 aromatic carbocycles. The average molecular weight is 399 g/mol. The quantitative estimate of drug-likeness (QED) is 0.625. The van der Waals surface area contributed by atoms with Gasteiger partial charge in [-0.2, -0.15) is 0 Å². The van der Waals surface area contributed by atoms with Gasteiger partial charge in [0.2, 0.25) is 0 Å². The van der Waals surface area contributed by atoms with Crippen LogP contribution in [-0.2, 0) is 10.2 Å². The Morgan fingerprint density at radius 1 is 1.00 bits per heavy atom. The van der Waals surface area contributed by atoms with Crippen LogP contribution < -0.4 is 14.8 Å². The van der Waals surface area contributed by atoms with E-state index in [1.165, 1.54) is 16.9 Å². The summed E-state index contributed by atoms with van der Waals surface area (Å²) in [5, 5.41) is 3.40. The van der Waals surface area contributed by atoms with Crippen molar-refractivity contribution in [3.63, 3.8) is 0 Å². The Kier molecular flexibility index (Phi) is 5.35. The van der Waals surface area contributed by atoms with Gasteiger partial charge in [-0.3, -0.25) is 10.1 Å². The van der Waals surface area contributed by atoms with Crippen molar-refractivity contribution in [2.75, 3.05) is 12.4 Å². The normalized spacial score (nSPS) is 12.1. The van der Waals surface area contributed by atoms with Crippen LogP contribution in [0.2, 0.25) is 0 Å². The molecule has 1 amide bonds. The lowest BCUT2D eigenvalue weighted by Gasteiger charge is -2.25. The van der Waals surface area contributed by atoms with Gasteiger partial charge in [0.05, 0.1) is 17.3 Å². The molecule has 0 radical (unpaired) electrons. The molecule has 0 atom stereocenters. The zero-order valence-corrected chi connectivity index (χ0v) is 17.9. The number of methoxy groups -OCH3 is 1. The molecule has 3 aromatic rings. The van der Waals surface area contributed by atoms with E-state index in [2.05, 4.69) is 31.1 Å². The SMILES string of the molecule is COc1ccc2nc(NC(=O)C(C)(C)Oc3ccc(C(C)(C)C)cc3)sc2c1. The number of anilines is 1. The molecule has 0 aliphatic carbocycles. The Morgan fingerprint density at radius 2 is 1.64 bits per heavy atom. The van der Waals surface area contributed by atoms with Gasteiger partial charge in [-0.1, -0.05) is 44.2 Å². The van der Waals surface area contributed by atoms with Crippen LogP contribution in [0.3, 0.4) is 0 Å². The second-order valence-electron chi connectivity index (χ2n) is 8.19. The Hall–Kier alpha value is -2.60. The van der Waals surface area contributed by atoms with E-state index < -0.39 is 5.60 Å². The maximum atomic E-state index is 12.8. The molecule has 1 N–H and O–H groups in total. The highest BCUT2D eigenvalue weighted by molar-refractivity contribution is 7.22. The molecule has 148 valence electrons. The number of amides is 1. The Morgan fingerprint density at radius 3 is 2.25 bits per heavy atom. The smallest absolute Gasteiger partial charge is 0.269 e. The van der Waals surface area contributed by atoms with Crippen LogP contribution in [0.5, 0.6) is 11.5 Å². The minimum Gasteiger partial charge on any atom is -0.497 e. The van der Waals surface area contributed by atoms with Crippen molar-refractivity contribution in [3.8, 4) is 11.5 Å². The number of nitrogens with zero attached hydrogens (tertiary/aromatic N) is 1. The van der Waals surface area contributed by atoms with Crippen molar-refractivity contribution in [2.45, 2.75) is 45.6 Å². The van der Waals surface area contributed by atoms with E-state index in [1.54, 1.807) is 21.0 Å². The summed E-state index contributed by atoms with van der Waals surface area (Å²) in [6.45, 7) is 9.97. The number of hydrogen-bond donors (Lipinski definition) is 1. The minimum atomic E-state index is -1.04. The number of fused-ring (bicyclic) bond motifs is 1. The third kappa shape index (κ3) is 4.44. The number of thiazole rings is 1.